The van der Waals surface area contributed by atoms with Crippen LogP contribution >= 0.6 is 0 Å². The largest absolute Gasteiger partial charge is 0.325 e. The second kappa shape index (κ2) is 9.18. The van der Waals surface area contributed by atoms with E-state index in [9.17, 15) is 8.42 Å². The van der Waals surface area contributed by atoms with Gasteiger partial charge in [0.05, 0.1) is 15.9 Å². The van der Waals surface area contributed by atoms with Crippen LogP contribution < -0.4 is 4.72 Å². The van der Waals surface area contributed by atoms with Crippen LogP contribution in [-0.4, -0.2) is 47.0 Å². The Balaban J connectivity index is 1.11. The van der Waals surface area contributed by atoms with E-state index in [1.165, 1.54) is 18.4 Å². The van der Waals surface area contributed by atoms with E-state index < -0.39 is 15.6 Å². The van der Waals surface area contributed by atoms with Crippen LogP contribution in [0.3, 0.4) is 0 Å². The summed E-state index contributed by atoms with van der Waals surface area (Å²) in [5, 5.41) is 0. The normalized spacial score (nSPS) is 32.7. The van der Waals surface area contributed by atoms with E-state index >= 15 is 0 Å². The highest BCUT2D eigenvalue weighted by molar-refractivity contribution is 7.89. The van der Waals surface area contributed by atoms with Crippen molar-refractivity contribution < 1.29 is 8.42 Å². The average molecular weight is 529 g/mol. The predicted molar refractivity (Wildman–Crippen MR) is 150 cm³/mol. The number of hydrogen-bond donors (Lipinski definition) is 1. The molecule has 2 unspecified atom stereocenters. The quantitative estimate of drug-likeness (QED) is 0.447. The minimum absolute atomic E-state index is 0.186. The Labute approximate surface area is 225 Å². The summed E-state index contributed by atoms with van der Waals surface area (Å²) in [5.74, 6) is 1.61. The van der Waals surface area contributed by atoms with Crippen molar-refractivity contribution in [1.82, 2.24) is 19.2 Å². The molecule has 1 aromatic heterocycles. The second-order valence-electron chi connectivity index (χ2n) is 11.7. The molecule has 2 aromatic carbocycles. The maximum atomic E-state index is 13.4. The summed E-state index contributed by atoms with van der Waals surface area (Å²) in [6, 6.07) is 18.9. The fourth-order valence-corrected chi connectivity index (χ4v) is 9.27. The van der Waals surface area contributed by atoms with Gasteiger partial charge in [0, 0.05) is 36.1 Å². The van der Waals surface area contributed by atoms with Crippen molar-refractivity contribution >= 4 is 21.1 Å². The van der Waals surface area contributed by atoms with E-state index in [0.717, 1.165) is 43.6 Å². The lowest BCUT2D eigenvalue weighted by Crippen LogP contribution is -2.48. The Morgan fingerprint density at radius 3 is 2.45 bits per heavy atom. The van der Waals surface area contributed by atoms with Gasteiger partial charge in [0.1, 0.15) is 5.82 Å². The van der Waals surface area contributed by atoms with Gasteiger partial charge in [0.2, 0.25) is 10.0 Å². The van der Waals surface area contributed by atoms with Gasteiger partial charge in [-0.1, -0.05) is 54.6 Å². The van der Waals surface area contributed by atoms with E-state index in [1.807, 2.05) is 6.07 Å². The smallest absolute Gasteiger partial charge is 0.241 e. The van der Waals surface area contributed by atoms with Crippen LogP contribution in [-0.2, 0) is 10.0 Å². The van der Waals surface area contributed by atoms with Crippen molar-refractivity contribution in [1.29, 1.82) is 0 Å². The molecule has 7 heteroatoms. The van der Waals surface area contributed by atoms with E-state index in [-0.39, 0.29) is 5.92 Å². The third-order valence-electron chi connectivity index (χ3n) is 9.60. The van der Waals surface area contributed by atoms with Gasteiger partial charge in [-0.3, -0.25) is 4.90 Å². The number of piperidine rings is 1. The fourth-order valence-electron chi connectivity index (χ4n) is 7.74. The van der Waals surface area contributed by atoms with Crippen LogP contribution in [0.4, 0.5) is 0 Å². The Hall–Kier alpha value is -2.74. The van der Waals surface area contributed by atoms with Gasteiger partial charge in [-0.2, -0.15) is 0 Å². The number of imidazole rings is 1. The molecule has 7 rings (SSSR count). The van der Waals surface area contributed by atoms with Crippen LogP contribution in [0, 0.1) is 18.8 Å². The maximum absolute atomic E-state index is 13.4. The van der Waals surface area contributed by atoms with Crippen LogP contribution in [0.25, 0.3) is 11.0 Å². The zero-order valence-electron chi connectivity index (χ0n) is 21.9. The summed E-state index contributed by atoms with van der Waals surface area (Å²) in [7, 11) is -3.59. The third kappa shape index (κ3) is 4.07. The summed E-state index contributed by atoms with van der Waals surface area (Å²) >= 11 is 0. The molecule has 3 fully saturated rings. The lowest BCUT2D eigenvalue weighted by molar-refractivity contribution is 0.0978. The number of aromatic nitrogens is 2. The lowest BCUT2D eigenvalue weighted by atomic mass is 9.89. The molecule has 2 aliphatic carbocycles. The van der Waals surface area contributed by atoms with Crippen molar-refractivity contribution in [3.63, 3.8) is 0 Å². The lowest BCUT2D eigenvalue weighted by Gasteiger charge is -2.40. The number of para-hydroxylation sites is 2. The summed E-state index contributed by atoms with van der Waals surface area (Å²) in [6.07, 6.45) is 15.0. The van der Waals surface area contributed by atoms with Gasteiger partial charge in [-0.05, 0) is 75.6 Å². The molecule has 2 bridgehead atoms. The fraction of sp³-hybridized carbons (Fsp3) is 0.452. The number of nitrogens with zero attached hydrogens (tertiary/aromatic N) is 3. The molecule has 6 atom stereocenters. The molecule has 0 spiro atoms. The van der Waals surface area contributed by atoms with E-state index in [0.29, 0.717) is 28.9 Å². The first-order valence-electron chi connectivity index (χ1n) is 14.1. The molecule has 4 aliphatic rings. The van der Waals surface area contributed by atoms with Crippen LogP contribution in [0.1, 0.15) is 50.4 Å². The van der Waals surface area contributed by atoms with Crippen molar-refractivity contribution in [2.24, 2.45) is 11.8 Å². The molecule has 198 valence electrons. The molecule has 0 amide bonds. The molecular formula is C31H36N4O2S. The van der Waals surface area contributed by atoms with Crippen LogP contribution in [0.5, 0.6) is 0 Å². The molecule has 1 saturated carbocycles. The molecule has 2 aliphatic heterocycles. The highest BCUT2D eigenvalue weighted by Crippen LogP contribution is 2.54. The number of sulfonamides is 1. The number of allylic oxidation sites excluding steroid dienone is 3. The van der Waals surface area contributed by atoms with Crippen LogP contribution in [0.2, 0.25) is 0 Å². The topological polar surface area (TPSA) is 67.2 Å². The van der Waals surface area contributed by atoms with Crippen molar-refractivity contribution in [2.75, 3.05) is 6.54 Å². The Bertz CT molecular complexity index is 1500. The average Bonchev–Trinajstić information content (AvgIpc) is 3.42. The summed E-state index contributed by atoms with van der Waals surface area (Å²) in [4.78, 5) is 7.92. The summed E-state index contributed by atoms with van der Waals surface area (Å²) < 4.78 is 32.6. The standard InChI is InChI=1S/C31H36N4O2S/c1-22-32-29-14-8-9-15-30(29)35(22)27-18-25-16-17-26(19-27)34(25)21-24-20-31(24,23-10-4-2-5-11-23)33-38(36,37)28-12-6-3-7-13-28/h2-10,12-15,23-27,33H,11,16-21H2,1H3/t23?,24-,25-,26+,27?,31+/m0/s1. The van der Waals surface area contributed by atoms with Crippen molar-refractivity contribution in [3.05, 3.63) is 84.7 Å². The van der Waals surface area contributed by atoms with Crippen molar-refractivity contribution in [3.8, 4) is 0 Å². The Morgan fingerprint density at radius 1 is 0.974 bits per heavy atom. The highest BCUT2D eigenvalue weighted by Gasteiger charge is 2.61. The summed E-state index contributed by atoms with van der Waals surface area (Å²) in [6.45, 7) is 3.11. The van der Waals surface area contributed by atoms with Crippen molar-refractivity contribution in [2.45, 2.75) is 74.0 Å². The summed E-state index contributed by atoms with van der Waals surface area (Å²) in [5.41, 5.74) is 1.92. The maximum Gasteiger partial charge on any atom is 0.241 e. The molecule has 1 N–H and O–H groups in total. The molecule has 2 saturated heterocycles. The van der Waals surface area contributed by atoms with Gasteiger partial charge in [-0.25, -0.2) is 18.1 Å². The van der Waals surface area contributed by atoms with Gasteiger partial charge >= 0.3 is 0 Å². The van der Waals surface area contributed by atoms with E-state index in [4.69, 9.17) is 4.98 Å². The third-order valence-corrected chi connectivity index (χ3v) is 11.1. The molecular weight excluding hydrogens is 492 g/mol. The number of rotatable bonds is 7. The Kier molecular flexibility index (Phi) is 5.87. The van der Waals surface area contributed by atoms with E-state index in [1.54, 1.807) is 24.3 Å². The van der Waals surface area contributed by atoms with Gasteiger partial charge in [-0.15, -0.1) is 0 Å². The number of nitrogens with one attached hydrogen (secondary N) is 1. The molecule has 38 heavy (non-hydrogen) atoms. The predicted octanol–water partition coefficient (Wildman–Crippen LogP) is 5.38. The molecule has 0 radical (unpaired) electrons. The molecule has 3 aromatic rings. The second-order valence-corrected chi connectivity index (χ2v) is 13.4. The SMILES string of the molecule is Cc1nc2ccccc2n1C1C[C@H]2CC[C@@H](C1)N2C[C@@H]1C[C@@]1(NS(=O)(=O)c1ccccc1)C1C=CC=CC1. The Morgan fingerprint density at radius 2 is 1.71 bits per heavy atom. The number of benzene rings is 2. The highest BCUT2D eigenvalue weighted by atomic mass is 32.2. The van der Waals surface area contributed by atoms with Gasteiger partial charge in [0.15, 0.2) is 0 Å². The monoisotopic (exact) mass is 528 g/mol. The number of fused-ring (bicyclic) bond motifs is 3. The van der Waals surface area contributed by atoms with E-state index in [2.05, 4.69) is 69.7 Å². The number of hydrogen-bond acceptors (Lipinski definition) is 4. The first-order chi connectivity index (χ1) is 18.4. The van der Waals surface area contributed by atoms with Gasteiger partial charge in [0.25, 0.3) is 0 Å². The first-order valence-corrected chi connectivity index (χ1v) is 15.5. The minimum atomic E-state index is -3.59. The van der Waals surface area contributed by atoms with Crippen LogP contribution in [0.15, 0.2) is 83.8 Å². The molecule has 3 heterocycles. The zero-order valence-corrected chi connectivity index (χ0v) is 22.7. The minimum Gasteiger partial charge on any atom is -0.325 e. The number of aryl methyl sites for hydroxylation is 1. The van der Waals surface area contributed by atoms with Gasteiger partial charge < -0.3 is 4.57 Å². The zero-order chi connectivity index (χ0) is 25.9. The first kappa shape index (κ1) is 24.3. The molecule has 6 nitrogen and oxygen atoms in total.